The summed E-state index contributed by atoms with van der Waals surface area (Å²) in [7, 11) is 0. The number of rotatable bonds is 4. The molecular weight excluding hydrogens is 208 g/mol. The Bertz CT molecular complexity index is 418. The average molecular weight is 222 g/mol. The van der Waals surface area contributed by atoms with Gasteiger partial charge in [-0.1, -0.05) is 6.92 Å². The van der Waals surface area contributed by atoms with Gasteiger partial charge >= 0.3 is 0 Å². The number of nitrogens with zero attached hydrogens (tertiary/aromatic N) is 1. The maximum Gasteiger partial charge on any atom is 0.292 e. The van der Waals surface area contributed by atoms with Crippen molar-refractivity contribution in [1.29, 1.82) is 0 Å². The van der Waals surface area contributed by atoms with Crippen molar-refractivity contribution in [3.63, 3.8) is 0 Å². The number of ether oxygens (including phenoxy) is 1. The molecule has 1 N–H and O–H groups in total. The van der Waals surface area contributed by atoms with Gasteiger partial charge in [0, 0.05) is 18.2 Å². The van der Waals surface area contributed by atoms with Crippen molar-refractivity contribution < 1.29 is 9.66 Å². The van der Waals surface area contributed by atoms with Crippen LogP contribution in [0, 0.1) is 10.1 Å². The van der Waals surface area contributed by atoms with Crippen molar-refractivity contribution in [2.75, 3.05) is 18.5 Å². The summed E-state index contributed by atoms with van der Waals surface area (Å²) in [6.07, 6.45) is 1.72. The van der Waals surface area contributed by atoms with Crippen molar-refractivity contribution in [2.45, 2.75) is 19.8 Å². The second kappa shape index (κ2) is 4.38. The van der Waals surface area contributed by atoms with E-state index in [0.717, 1.165) is 30.7 Å². The Morgan fingerprint density at radius 1 is 1.56 bits per heavy atom. The topological polar surface area (TPSA) is 64.4 Å². The van der Waals surface area contributed by atoms with E-state index in [9.17, 15) is 10.1 Å². The Hall–Kier alpha value is -1.78. The largest absolute Gasteiger partial charge is 0.493 e. The Labute approximate surface area is 93.6 Å². The third kappa shape index (κ3) is 1.80. The SMILES string of the molecule is CCCOc1ccc([N+](=O)[O-])c2c1CCN2. The minimum atomic E-state index is -0.360. The summed E-state index contributed by atoms with van der Waals surface area (Å²) < 4.78 is 5.57. The molecule has 0 bridgehead atoms. The molecule has 0 radical (unpaired) electrons. The van der Waals surface area contributed by atoms with E-state index < -0.39 is 0 Å². The summed E-state index contributed by atoms with van der Waals surface area (Å²) in [4.78, 5) is 10.5. The molecule has 0 spiro atoms. The van der Waals surface area contributed by atoms with Crippen LogP contribution in [0.25, 0.3) is 0 Å². The van der Waals surface area contributed by atoms with Gasteiger partial charge in [0.05, 0.1) is 11.5 Å². The van der Waals surface area contributed by atoms with Gasteiger partial charge in [0.2, 0.25) is 0 Å². The zero-order valence-corrected chi connectivity index (χ0v) is 9.16. The monoisotopic (exact) mass is 222 g/mol. The summed E-state index contributed by atoms with van der Waals surface area (Å²) in [6, 6.07) is 3.20. The standard InChI is InChI=1S/C11H14N2O3/c1-2-7-16-10-4-3-9(13(14)15)11-8(10)5-6-12-11/h3-4,12H,2,5-7H2,1H3. The Kier molecular flexibility index (Phi) is 2.94. The third-order valence-electron chi connectivity index (χ3n) is 2.58. The van der Waals surface area contributed by atoms with Gasteiger partial charge in [-0.3, -0.25) is 10.1 Å². The van der Waals surface area contributed by atoms with Crippen LogP contribution in [0.4, 0.5) is 11.4 Å². The third-order valence-corrected chi connectivity index (χ3v) is 2.58. The molecule has 0 aromatic heterocycles. The molecule has 1 aliphatic heterocycles. The minimum absolute atomic E-state index is 0.136. The molecule has 5 nitrogen and oxygen atoms in total. The highest BCUT2D eigenvalue weighted by atomic mass is 16.6. The summed E-state index contributed by atoms with van der Waals surface area (Å²) in [5.74, 6) is 0.771. The molecule has 1 heterocycles. The van der Waals surface area contributed by atoms with Crippen LogP contribution in [-0.4, -0.2) is 18.1 Å². The molecule has 5 heteroatoms. The van der Waals surface area contributed by atoms with Gasteiger partial charge < -0.3 is 10.1 Å². The summed E-state index contributed by atoms with van der Waals surface area (Å²) in [6.45, 7) is 3.41. The first-order chi connectivity index (χ1) is 7.74. The lowest BCUT2D eigenvalue weighted by Crippen LogP contribution is -2.00. The lowest BCUT2D eigenvalue weighted by atomic mass is 10.1. The second-order valence-corrected chi connectivity index (χ2v) is 3.72. The molecule has 16 heavy (non-hydrogen) atoms. The van der Waals surface area contributed by atoms with E-state index in [4.69, 9.17) is 4.74 Å². The van der Waals surface area contributed by atoms with Crippen LogP contribution in [0.2, 0.25) is 0 Å². The van der Waals surface area contributed by atoms with Crippen LogP contribution in [0.15, 0.2) is 12.1 Å². The van der Waals surface area contributed by atoms with Gasteiger partial charge in [-0.2, -0.15) is 0 Å². The maximum atomic E-state index is 10.8. The maximum absolute atomic E-state index is 10.8. The number of fused-ring (bicyclic) bond motifs is 1. The van der Waals surface area contributed by atoms with Crippen LogP contribution in [0.3, 0.4) is 0 Å². The summed E-state index contributed by atoms with van der Waals surface area (Å²) in [5.41, 5.74) is 1.69. The van der Waals surface area contributed by atoms with Crippen LogP contribution in [-0.2, 0) is 6.42 Å². The summed E-state index contributed by atoms with van der Waals surface area (Å²) >= 11 is 0. The molecular formula is C11H14N2O3. The molecule has 0 fully saturated rings. The van der Waals surface area contributed by atoms with Gasteiger partial charge in [-0.15, -0.1) is 0 Å². The molecule has 1 aromatic carbocycles. The number of nitro groups is 1. The zero-order valence-electron chi connectivity index (χ0n) is 9.16. The predicted octanol–water partition coefficient (Wildman–Crippen LogP) is 2.35. The van der Waals surface area contributed by atoms with Gasteiger partial charge in [-0.25, -0.2) is 0 Å². The van der Waals surface area contributed by atoms with Crippen molar-refractivity contribution in [1.82, 2.24) is 0 Å². The Morgan fingerprint density at radius 3 is 3.06 bits per heavy atom. The van der Waals surface area contributed by atoms with Crippen LogP contribution < -0.4 is 10.1 Å². The van der Waals surface area contributed by atoms with E-state index in [2.05, 4.69) is 5.32 Å². The van der Waals surface area contributed by atoms with Crippen molar-refractivity contribution >= 4 is 11.4 Å². The van der Waals surface area contributed by atoms with E-state index in [-0.39, 0.29) is 10.6 Å². The van der Waals surface area contributed by atoms with E-state index in [1.165, 1.54) is 6.07 Å². The smallest absolute Gasteiger partial charge is 0.292 e. The number of anilines is 1. The first kappa shape index (κ1) is 10.7. The number of hydrogen-bond donors (Lipinski definition) is 1. The predicted molar refractivity (Wildman–Crippen MR) is 61.1 cm³/mol. The lowest BCUT2D eigenvalue weighted by molar-refractivity contribution is -0.383. The van der Waals surface area contributed by atoms with Crippen molar-refractivity contribution in [2.24, 2.45) is 0 Å². The van der Waals surface area contributed by atoms with Gasteiger partial charge in [0.1, 0.15) is 11.4 Å². The second-order valence-electron chi connectivity index (χ2n) is 3.72. The molecule has 1 aromatic rings. The van der Waals surface area contributed by atoms with Crippen molar-refractivity contribution in [3.05, 3.63) is 27.8 Å². The highest BCUT2D eigenvalue weighted by Crippen LogP contribution is 2.38. The van der Waals surface area contributed by atoms with Gasteiger partial charge in [-0.05, 0) is 18.9 Å². The first-order valence-corrected chi connectivity index (χ1v) is 5.41. The number of nitro benzene ring substituents is 1. The summed E-state index contributed by atoms with van der Waals surface area (Å²) in [5, 5.41) is 13.9. The molecule has 2 rings (SSSR count). The fourth-order valence-corrected chi connectivity index (χ4v) is 1.87. The number of nitrogens with one attached hydrogen (secondary N) is 1. The first-order valence-electron chi connectivity index (χ1n) is 5.41. The Balaban J connectivity index is 2.37. The van der Waals surface area contributed by atoms with E-state index >= 15 is 0 Å². The fraction of sp³-hybridized carbons (Fsp3) is 0.455. The molecule has 0 amide bonds. The van der Waals surface area contributed by atoms with E-state index in [1.807, 2.05) is 6.92 Å². The normalized spacial score (nSPS) is 13.1. The molecule has 1 aliphatic rings. The molecule has 0 unspecified atom stereocenters. The molecule has 0 aliphatic carbocycles. The number of benzene rings is 1. The van der Waals surface area contributed by atoms with Gasteiger partial charge in [0.25, 0.3) is 5.69 Å². The van der Waals surface area contributed by atoms with Crippen LogP contribution in [0.1, 0.15) is 18.9 Å². The zero-order chi connectivity index (χ0) is 11.5. The average Bonchev–Trinajstić information content (AvgIpc) is 2.74. The molecule has 0 atom stereocenters. The molecule has 86 valence electrons. The fourth-order valence-electron chi connectivity index (χ4n) is 1.87. The minimum Gasteiger partial charge on any atom is -0.493 e. The van der Waals surface area contributed by atoms with Crippen LogP contribution in [0.5, 0.6) is 5.75 Å². The molecule has 0 saturated carbocycles. The highest BCUT2D eigenvalue weighted by molar-refractivity contribution is 5.72. The quantitative estimate of drug-likeness (QED) is 0.627. The van der Waals surface area contributed by atoms with Crippen LogP contribution >= 0.6 is 0 Å². The Morgan fingerprint density at radius 2 is 2.38 bits per heavy atom. The lowest BCUT2D eigenvalue weighted by Gasteiger charge is -2.09. The molecule has 0 saturated heterocycles. The highest BCUT2D eigenvalue weighted by Gasteiger charge is 2.24. The van der Waals surface area contributed by atoms with E-state index in [0.29, 0.717) is 12.3 Å². The van der Waals surface area contributed by atoms with Crippen molar-refractivity contribution in [3.8, 4) is 5.75 Å². The van der Waals surface area contributed by atoms with E-state index in [1.54, 1.807) is 6.07 Å². The van der Waals surface area contributed by atoms with Gasteiger partial charge in [0.15, 0.2) is 0 Å². The number of hydrogen-bond acceptors (Lipinski definition) is 4.